The molecule has 0 aliphatic heterocycles. The van der Waals surface area contributed by atoms with Gasteiger partial charge in [0.05, 0.1) is 0 Å². The van der Waals surface area contributed by atoms with Crippen LogP contribution in [0.4, 0.5) is 0 Å². The average molecular weight is 315 g/mol. The highest BCUT2D eigenvalue weighted by Crippen LogP contribution is 2.29. The van der Waals surface area contributed by atoms with Crippen LogP contribution in [0.25, 0.3) is 22.3 Å². The average Bonchev–Trinajstić information content (AvgIpc) is 2.84. The molecule has 2 heterocycles. The lowest BCUT2D eigenvalue weighted by atomic mass is 10.1. The number of hydrogen-bond donors (Lipinski definition) is 1. The zero-order valence-electron chi connectivity index (χ0n) is 10.3. The van der Waals surface area contributed by atoms with Gasteiger partial charge in [0.2, 0.25) is 0 Å². The van der Waals surface area contributed by atoms with Gasteiger partial charge in [0.25, 0.3) is 0 Å². The number of aldehydes is 1. The first kappa shape index (κ1) is 12.1. The van der Waals surface area contributed by atoms with Gasteiger partial charge in [-0.25, -0.2) is 4.98 Å². The third kappa shape index (κ3) is 2.08. The van der Waals surface area contributed by atoms with Crippen LogP contribution in [0.5, 0.6) is 0 Å². The van der Waals surface area contributed by atoms with Gasteiger partial charge in [-0.15, -0.1) is 0 Å². The van der Waals surface area contributed by atoms with E-state index in [9.17, 15) is 4.79 Å². The molecule has 19 heavy (non-hydrogen) atoms. The van der Waals surface area contributed by atoms with E-state index in [4.69, 9.17) is 0 Å². The van der Waals surface area contributed by atoms with E-state index in [1.165, 1.54) is 5.56 Å². The number of aromatic nitrogens is 2. The molecule has 0 fully saturated rings. The Morgan fingerprint density at radius 3 is 2.89 bits per heavy atom. The van der Waals surface area contributed by atoms with Crippen molar-refractivity contribution in [2.75, 3.05) is 0 Å². The van der Waals surface area contributed by atoms with Crippen LogP contribution in [0.15, 0.2) is 40.9 Å². The number of halogens is 1. The molecular weight excluding hydrogens is 304 g/mol. The van der Waals surface area contributed by atoms with Crippen molar-refractivity contribution in [3.8, 4) is 11.3 Å². The number of rotatable bonds is 2. The Hall–Kier alpha value is -1.94. The Morgan fingerprint density at radius 2 is 2.11 bits per heavy atom. The fourth-order valence-corrected chi connectivity index (χ4v) is 2.50. The van der Waals surface area contributed by atoms with Crippen molar-refractivity contribution in [1.82, 2.24) is 9.97 Å². The number of benzene rings is 1. The summed E-state index contributed by atoms with van der Waals surface area (Å²) in [7, 11) is 0. The quantitative estimate of drug-likeness (QED) is 0.723. The SMILES string of the molecule is Cc1c(Br)cccc1-c1cc2ccc(C=O)nc2[nH]1. The topological polar surface area (TPSA) is 45.8 Å². The van der Waals surface area contributed by atoms with E-state index in [-0.39, 0.29) is 0 Å². The summed E-state index contributed by atoms with van der Waals surface area (Å²) in [6, 6.07) is 11.8. The molecule has 0 radical (unpaired) electrons. The van der Waals surface area contributed by atoms with Gasteiger partial charge in [0.15, 0.2) is 6.29 Å². The molecule has 3 aromatic rings. The lowest BCUT2D eigenvalue weighted by Gasteiger charge is -2.04. The van der Waals surface area contributed by atoms with Crippen molar-refractivity contribution in [1.29, 1.82) is 0 Å². The summed E-state index contributed by atoms with van der Waals surface area (Å²) in [6.45, 7) is 2.06. The van der Waals surface area contributed by atoms with Crippen molar-refractivity contribution in [2.45, 2.75) is 6.92 Å². The normalized spacial score (nSPS) is 10.8. The van der Waals surface area contributed by atoms with Gasteiger partial charge in [-0.2, -0.15) is 0 Å². The Balaban J connectivity index is 2.20. The van der Waals surface area contributed by atoms with Crippen LogP contribution in [0.2, 0.25) is 0 Å². The van der Waals surface area contributed by atoms with Crippen molar-refractivity contribution in [3.63, 3.8) is 0 Å². The maximum Gasteiger partial charge on any atom is 0.168 e. The molecule has 0 atom stereocenters. The van der Waals surface area contributed by atoms with Gasteiger partial charge in [-0.05, 0) is 36.8 Å². The third-order valence-corrected chi connectivity index (χ3v) is 4.04. The van der Waals surface area contributed by atoms with Gasteiger partial charge >= 0.3 is 0 Å². The Kier molecular flexibility index (Phi) is 2.95. The first-order valence-electron chi connectivity index (χ1n) is 5.89. The minimum Gasteiger partial charge on any atom is -0.339 e. The monoisotopic (exact) mass is 314 g/mol. The van der Waals surface area contributed by atoms with Gasteiger partial charge < -0.3 is 4.98 Å². The maximum absolute atomic E-state index is 10.7. The zero-order valence-corrected chi connectivity index (χ0v) is 11.9. The molecule has 0 amide bonds. The van der Waals surface area contributed by atoms with Crippen LogP contribution >= 0.6 is 15.9 Å². The number of fused-ring (bicyclic) bond motifs is 1. The molecule has 1 N–H and O–H groups in total. The number of aromatic amines is 1. The Bertz CT molecular complexity index is 777. The molecule has 3 nitrogen and oxygen atoms in total. The van der Waals surface area contributed by atoms with Crippen molar-refractivity contribution in [3.05, 3.63) is 52.1 Å². The summed E-state index contributed by atoms with van der Waals surface area (Å²) in [4.78, 5) is 18.3. The van der Waals surface area contributed by atoms with E-state index in [1.807, 2.05) is 24.3 Å². The molecule has 0 bridgehead atoms. The minimum absolute atomic E-state index is 0.437. The molecule has 0 spiro atoms. The Labute approximate surface area is 118 Å². The summed E-state index contributed by atoms with van der Waals surface area (Å²) in [6.07, 6.45) is 0.754. The van der Waals surface area contributed by atoms with Gasteiger partial charge in [0, 0.05) is 21.1 Å². The van der Waals surface area contributed by atoms with E-state index in [0.717, 1.165) is 33.0 Å². The maximum atomic E-state index is 10.7. The van der Waals surface area contributed by atoms with Gasteiger partial charge in [-0.3, -0.25) is 4.79 Å². The highest BCUT2D eigenvalue weighted by Gasteiger charge is 2.08. The summed E-state index contributed by atoms with van der Waals surface area (Å²) in [5.74, 6) is 0. The van der Waals surface area contributed by atoms with E-state index < -0.39 is 0 Å². The highest BCUT2D eigenvalue weighted by molar-refractivity contribution is 9.10. The number of carbonyl (C=O) groups is 1. The van der Waals surface area contributed by atoms with Crippen molar-refractivity contribution >= 4 is 33.2 Å². The van der Waals surface area contributed by atoms with Crippen LogP contribution < -0.4 is 0 Å². The standard InChI is InChI=1S/C15H11BrN2O/c1-9-12(3-2-4-13(9)16)14-7-10-5-6-11(8-19)17-15(10)18-14/h2-8H,1H3,(H,17,18). The molecule has 0 aliphatic rings. The number of nitrogens with one attached hydrogen (secondary N) is 1. The lowest BCUT2D eigenvalue weighted by Crippen LogP contribution is -1.86. The summed E-state index contributed by atoms with van der Waals surface area (Å²) < 4.78 is 1.07. The number of carbonyl (C=O) groups excluding carboxylic acids is 1. The molecule has 94 valence electrons. The molecule has 1 aromatic carbocycles. The van der Waals surface area contributed by atoms with Gasteiger partial charge in [-0.1, -0.05) is 28.1 Å². The molecule has 3 rings (SSSR count). The predicted octanol–water partition coefficient (Wildman–Crippen LogP) is 4.11. The molecule has 0 unspecified atom stereocenters. The lowest BCUT2D eigenvalue weighted by molar-refractivity contribution is 0.111. The smallest absolute Gasteiger partial charge is 0.168 e. The summed E-state index contributed by atoms with van der Waals surface area (Å²) in [5.41, 5.74) is 4.47. The Morgan fingerprint density at radius 1 is 1.26 bits per heavy atom. The number of H-pyrrole nitrogens is 1. The van der Waals surface area contributed by atoms with Crippen molar-refractivity contribution in [2.24, 2.45) is 0 Å². The number of pyridine rings is 1. The van der Waals surface area contributed by atoms with Crippen molar-refractivity contribution < 1.29 is 4.79 Å². The molecule has 0 saturated carbocycles. The second-order valence-corrected chi connectivity index (χ2v) is 5.24. The highest BCUT2D eigenvalue weighted by atomic mass is 79.9. The second-order valence-electron chi connectivity index (χ2n) is 4.39. The van der Waals surface area contributed by atoms with E-state index in [0.29, 0.717) is 5.69 Å². The molecule has 2 aromatic heterocycles. The fourth-order valence-electron chi connectivity index (χ4n) is 2.13. The second kappa shape index (κ2) is 4.63. The molecular formula is C15H11BrN2O. The van der Waals surface area contributed by atoms with Gasteiger partial charge in [0.1, 0.15) is 11.3 Å². The molecule has 0 aliphatic carbocycles. The predicted molar refractivity (Wildman–Crippen MR) is 79.4 cm³/mol. The third-order valence-electron chi connectivity index (χ3n) is 3.18. The summed E-state index contributed by atoms with van der Waals surface area (Å²) in [5, 5.41) is 1.000. The molecule has 0 saturated heterocycles. The number of nitrogens with zero attached hydrogens (tertiary/aromatic N) is 1. The van der Waals surface area contributed by atoms with E-state index >= 15 is 0 Å². The van der Waals surface area contributed by atoms with E-state index in [1.54, 1.807) is 6.07 Å². The summed E-state index contributed by atoms with van der Waals surface area (Å²) >= 11 is 3.53. The minimum atomic E-state index is 0.437. The first-order valence-corrected chi connectivity index (χ1v) is 6.69. The first-order chi connectivity index (χ1) is 9.19. The fraction of sp³-hybridized carbons (Fsp3) is 0.0667. The van der Waals surface area contributed by atoms with Crippen LogP contribution in [0, 0.1) is 6.92 Å². The molecule has 4 heteroatoms. The van der Waals surface area contributed by atoms with Crippen LogP contribution in [-0.4, -0.2) is 16.3 Å². The van der Waals surface area contributed by atoms with Crippen LogP contribution in [0.3, 0.4) is 0 Å². The van der Waals surface area contributed by atoms with Crippen LogP contribution in [0.1, 0.15) is 16.1 Å². The zero-order chi connectivity index (χ0) is 13.4. The van der Waals surface area contributed by atoms with E-state index in [2.05, 4.69) is 38.9 Å². The number of hydrogen-bond acceptors (Lipinski definition) is 2. The largest absolute Gasteiger partial charge is 0.339 e. The van der Waals surface area contributed by atoms with Crippen LogP contribution in [-0.2, 0) is 0 Å².